The maximum Gasteiger partial charge on any atom is 0.174 e. The molecule has 0 unspecified atom stereocenters. The van der Waals surface area contributed by atoms with Gasteiger partial charge in [-0.15, -0.1) is 0 Å². The van der Waals surface area contributed by atoms with E-state index in [1.54, 1.807) is 0 Å². The smallest absolute Gasteiger partial charge is 0.174 e. The molecule has 1 N–H and O–H groups in total. The molecule has 2 aromatic heterocycles. The zero-order chi connectivity index (χ0) is 27.6. The fourth-order valence-corrected chi connectivity index (χ4v) is 5.85. The molecule has 0 saturated carbocycles. The van der Waals surface area contributed by atoms with Crippen LogP contribution in [-0.2, 0) is 6.54 Å². The third-order valence-electron chi connectivity index (χ3n) is 7.58. The summed E-state index contributed by atoms with van der Waals surface area (Å²) in [5, 5.41) is 4.27. The van der Waals surface area contributed by atoms with Gasteiger partial charge in [0.25, 0.3) is 0 Å². The van der Waals surface area contributed by atoms with Crippen molar-refractivity contribution < 1.29 is 4.74 Å². The average molecular weight is 545 g/mol. The van der Waals surface area contributed by atoms with Crippen LogP contribution in [0.25, 0.3) is 0 Å². The monoisotopic (exact) mass is 544 g/mol. The molecule has 6 rings (SSSR count). The van der Waals surface area contributed by atoms with E-state index >= 15 is 0 Å². The van der Waals surface area contributed by atoms with Crippen LogP contribution in [0.1, 0.15) is 45.9 Å². The Morgan fingerprint density at radius 1 is 0.825 bits per heavy atom. The first-order valence-electron chi connectivity index (χ1n) is 13.5. The Labute approximate surface area is 241 Å². The van der Waals surface area contributed by atoms with Crippen LogP contribution in [0, 0.1) is 20.8 Å². The van der Waals surface area contributed by atoms with E-state index < -0.39 is 0 Å². The van der Waals surface area contributed by atoms with Gasteiger partial charge in [-0.25, -0.2) is 0 Å². The predicted molar refractivity (Wildman–Crippen MR) is 165 cm³/mol. The second-order valence-electron chi connectivity index (χ2n) is 10.3. The number of ether oxygens (including phenoxy) is 1. The van der Waals surface area contributed by atoms with E-state index in [1.807, 2.05) is 42.6 Å². The lowest BCUT2D eigenvalue weighted by molar-refractivity contribution is 0.482. The van der Waals surface area contributed by atoms with Gasteiger partial charge in [-0.1, -0.05) is 54.1 Å². The van der Waals surface area contributed by atoms with Crippen LogP contribution in [0.15, 0.2) is 109 Å². The number of aryl methyl sites for hydroxylation is 2. The topological polar surface area (TPSA) is 42.3 Å². The van der Waals surface area contributed by atoms with Gasteiger partial charge in [0, 0.05) is 29.8 Å². The molecule has 40 heavy (non-hydrogen) atoms. The molecule has 200 valence electrons. The van der Waals surface area contributed by atoms with Crippen molar-refractivity contribution in [1.29, 1.82) is 0 Å². The van der Waals surface area contributed by atoms with Gasteiger partial charge < -0.3 is 19.5 Å². The van der Waals surface area contributed by atoms with E-state index in [9.17, 15) is 0 Å². The van der Waals surface area contributed by atoms with Crippen LogP contribution in [0.4, 0.5) is 5.69 Å². The predicted octanol–water partition coefficient (Wildman–Crippen LogP) is 7.83. The summed E-state index contributed by atoms with van der Waals surface area (Å²) in [5.41, 5.74) is 8.12. The highest BCUT2D eigenvalue weighted by Crippen LogP contribution is 2.43. The van der Waals surface area contributed by atoms with Crippen LogP contribution in [0.5, 0.6) is 11.5 Å². The molecular weight excluding hydrogens is 512 g/mol. The van der Waals surface area contributed by atoms with Crippen LogP contribution in [0.2, 0.25) is 0 Å². The van der Waals surface area contributed by atoms with Gasteiger partial charge in [0.2, 0.25) is 0 Å². The standard InChI is InChI=1S/C34H32N4OS/c1-23-12-16-28(17-13-23)39-29-18-14-27(15-19-29)38-33(32(36-34(38)40)31-11-7-8-20-35-31)30-21-24(2)37(25(30)3)22-26-9-5-4-6-10-26/h4-21,32-33H,22H2,1-3H3,(H,36,40)/t32-,33-/m0/s1. The van der Waals surface area contributed by atoms with Crippen molar-refractivity contribution in [2.75, 3.05) is 4.90 Å². The van der Waals surface area contributed by atoms with Crippen molar-refractivity contribution in [2.45, 2.75) is 39.4 Å². The molecule has 0 radical (unpaired) electrons. The fourth-order valence-electron chi connectivity index (χ4n) is 5.50. The molecule has 0 aliphatic carbocycles. The second kappa shape index (κ2) is 11.0. The van der Waals surface area contributed by atoms with E-state index in [0.717, 1.165) is 29.4 Å². The summed E-state index contributed by atoms with van der Waals surface area (Å²) in [6, 6.07) is 35.0. The Morgan fingerprint density at radius 2 is 1.50 bits per heavy atom. The minimum Gasteiger partial charge on any atom is -0.457 e. The number of rotatable bonds is 7. The summed E-state index contributed by atoms with van der Waals surface area (Å²) in [6.07, 6.45) is 1.84. The third-order valence-corrected chi connectivity index (χ3v) is 7.90. The van der Waals surface area contributed by atoms with Crippen molar-refractivity contribution in [2.24, 2.45) is 0 Å². The molecule has 1 fully saturated rings. The summed E-state index contributed by atoms with van der Waals surface area (Å²) in [4.78, 5) is 6.94. The molecular formula is C34H32N4OS. The van der Waals surface area contributed by atoms with Crippen molar-refractivity contribution in [3.63, 3.8) is 0 Å². The normalized spacial score (nSPS) is 16.7. The lowest BCUT2D eigenvalue weighted by Crippen LogP contribution is -2.29. The highest BCUT2D eigenvalue weighted by Gasteiger charge is 2.42. The molecule has 6 heteroatoms. The minimum atomic E-state index is -0.0946. The van der Waals surface area contributed by atoms with E-state index in [-0.39, 0.29) is 12.1 Å². The molecule has 0 spiro atoms. The summed E-state index contributed by atoms with van der Waals surface area (Å²) in [7, 11) is 0. The number of pyridine rings is 1. The highest BCUT2D eigenvalue weighted by molar-refractivity contribution is 7.80. The first kappa shape index (κ1) is 25.8. The lowest BCUT2D eigenvalue weighted by Gasteiger charge is -2.28. The van der Waals surface area contributed by atoms with Crippen molar-refractivity contribution in [1.82, 2.24) is 14.9 Å². The van der Waals surface area contributed by atoms with Gasteiger partial charge in [-0.05, 0) is 98.7 Å². The number of aromatic nitrogens is 2. The summed E-state index contributed by atoms with van der Waals surface area (Å²) in [6.45, 7) is 7.28. The Hall–Kier alpha value is -4.42. The number of benzene rings is 3. The molecule has 5 aromatic rings. The zero-order valence-electron chi connectivity index (χ0n) is 22.9. The SMILES string of the molecule is Cc1ccc(Oc2ccc(N3C(=S)N[C@@H](c4ccccn4)[C@@H]3c3cc(C)n(Cc4ccccc4)c3C)cc2)cc1. The number of nitrogens with zero attached hydrogens (tertiary/aromatic N) is 3. The van der Waals surface area contributed by atoms with Gasteiger partial charge in [-0.2, -0.15) is 0 Å². The number of anilines is 1. The summed E-state index contributed by atoms with van der Waals surface area (Å²) in [5.74, 6) is 1.60. The van der Waals surface area contributed by atoms with Gasteiger partial charge in [0.05, 0.1) is 17.8 Å². The van der Waals surface area contributed by atoms with Gasteiger partial charge >= 0.3 is 0 Å². The number of hydrogen-bond donors (Lipinski definition) is 1. The fraction of sp³-hybridized carbons (Fsp3) is 0.176. The molecule has 5 nitrogen and oxygen atoms in total. The average Bonchev–Trinajstić information content (AvgIpc) is 3.46. The van der Waals surface area contributed by atoms with E-state index in [2.05, 4.69) is 102 Å². The van der Waals surface area contributed by atoms with Crippen LogP contribution < -0.4 is 15.0 Å². The Morgan fingerprint density at radius 3 is 2.17 bits per heavy atom. The number of nitrogens with one attached hydrogen (secondary N) is 1. The van der Waals surface area contributed by atoms with E-state index in [1.165, 1.54) is 28.1 Å². The minimum absolute atomic E-state index is 0.0676. The molecule has 1 aliphatic heterocycles. The Bertz CT molecular complexity index is 1610. The Kier molecular flexibility index (Phi) is 7.10. The maximum absolute atomic E-state index is 6.09. The van der Waals surface area contributed by atoms with Gasteiger partial charge in [0.1, 0.15) is 11.5 Å². The van der Waals surface area contributed by atoms with Crippen molar-refractivity contribution in [3.05, 3.63) is 143 Å². The van der Waals surface area contributed by atoms with Crippen LogP contribution in [0.3, 0.4) is 0 Å². The molecule has 2 atom stereocenters. The molecule has 1 aliphatic rings. The largest absolute Gasteiger partial charge is 0.457 e. The van der Waals surface area contributed by atoms with E-state index in [0.29, 0.717) is 5.11 Å². The first-order valence-corrected chi connectivity index (χ1v) is 13.9. The quantitative estimate of drug-likeness (QED) is 0.212. The number of thiocarbonyl (C=S) groups is 1. The van der Waals surface area contributed by atoms with E-state index in [4.69, 9.17) is 21.9 Å². The summed E-state index contributed by atoms with van der Waals surface area (Å²) >= 11 is 5.96. The van der Waals surface area contributed by atoms with Gasteiger partial charge in [0.15, 0.2) is 5.11 Å². The molecule has 1 saturated heterocycles. The summed E-state index contributed by atoms with van der Waals surface area (Å²) < 4.78 is 8.48. The third kappa shape index (κ3) is 5.10. The van der Waals surface area contributed by atoms with Crippen molar-refractivity contribution in [3.8, 4) is 11.5 Å². The molecule has 3 aromatic carbocycles. The lowest BCUT2D eigenvalue weighted by atomic mass is 9.96. The Balaban J connectivity index is 1.37. The van der Waals surface area contributed by atoms with Crippen molar-refractivity contribution >= 4 is 23.0 Å². The highest BCUT2D eigenvalue weighted by atomic mass is 32.1. The molecule has 0 amide bonds. The van der Waals surface area contributed by atoms with Gasteiger partial charge in [-0.3, -0.25) is 4.98 Å². The second-order valence-corrected chi connectivity index (χ2v) is 10.7. The first-order chi connectivity index (χ1) is 19.5. The number of hydrogen-bond acceptors (Lipinski definition) is 3. The molecule has 3 heterocycles. The zero-order valence-corrected chi connectivity index (χ0v) is 23.7. The van der Waals surface area contributed by atoms with Crippen LogP contribution >= 0.6 is 12.2 Å². The molecule has 0 bridgehead atoms. The maximum atomic E-state index is 6.09. The van der Waals surface area contributed by atoms with Crippen LogP contribution in [-0.4, -0.2) is 14.7 Å².